The van der Waals surface area contributed by atoms with Crippen LogP contribution in [0.1, 0.15) is 19.4 Å². The third-order valence-corrected chi connectivity index (χ3v) is 3.89. The van der Waals surface area contributed by atoms with E-state index < -0.39 is 0 Å². The average Bonchev–Trinajstić information content (AvgIpc) is 2.21. The maximum absolute atomic E-state index is 4.36. The Balaban J connectivity index is 2.45. The first-order valence-corrected chi connectivity index (χ1v) is 6.77. The summed E-state index contributed by atoms with van der Waals surface area (Å²) in [6.07, 6.45) is 3.72. The summed E-state index contributed by atoms with van der Waals surface area (Å²) in [4.78, 5) is 8.54. The molecule has 1 unspecified atom stereocenters. The molecule has 0 saturated heterocycles. The van der Waals surface area contributed by atoms with Crippen LogP contribution in [0.2, 0.25) is 0 Å². The molecule has 84 valence electrons. The summed E-state index contributed by atoms with van der Waals surface area (Å²) in [6.45, 7) is 6.47. The molecule has 0 aliphatic rings. The zero-order chi connectivity index (χ0) is 11.3. The summed E-state index contributed by atoms with van der Waals surface area (Å²) < 4.78 is 0. The Morgan fingerprint density at radius 2 is 1.93 bits per heavy atom. The van der Waals surface area contributed by atoms with Gasteiger partial charge < -0.3 is 0 Å². The zero-order valence-corrected chi connectivity index (χ0v) is 11.2. The van der Waals surface area contributed by atoms with Gasteiger partial charge in [-0.1, -0.05) is 25.6 Å². The molecule has 0 aliphatic heterocycles. The molecule has 0 aromatic carbocycles. The topological polar surface area (TPSA) is 25.8 Å². The monoisotopic (exact) mass is 242 g/mol. The van der Waals surface area contributed by atoms with Gasteiger partial charge in [-0.15, -0.1) is 0 Å². The number of hydrogen-bond acceptors (Lipinski definition) is 4. The fourth-order valence-electron chi connectivity index (χ4n) is 1.09. The summed E-state index contributed by atoms with van der Waals surface area (Å²) >= 11 is 6.08. The summed E-state index contributed by atoms with van der Waals surface area (Å²) in [6, 6.07) is 0. The summed E-state index contributed by atoms with van der Waals surface area (Å²) in [5.41, 5.74) is 1.11. The van der Waals surface area contributed by atoms with Gasteiger partial charge in [0.1, 0.15) is 0 Å². The Morgan fingerprint density at radius 1 is 1.33 bits per heavy atom. The van der Waals surface area contributed by atoms with Gasteiger partial charge in [-0.3, -0.25) is 0 Å². The van der Waals surface area contributed by atoms with Crippen molar-refractivity contribution in [2.75, 3.05) is 11.5 Å². The van der Waals surface area contributed by atoms with Gasteiger partial charge in [-0.25, -0.2) is 9.97 Å². The Hall–Kier alpha value is -0.220. The van der Waals surface area contributed by atoms with E-state index in [0.717, 1.165) is 22.2 Å². The van der Waals surface area contributed by atoms with Crippen molar-refractivity contribution >= 4 is 24.4 Å². The number of rotatable bonds is 5. The van der Waals surface area contributed by atoms with Gasteiger partial charge in [0, 0.05) is 18.1 Å². The number of thioether (sulfide) groups is 1. The lowest BCUT2D eigenvalue weighted by Crippen LogP contribution is -2.13. The van der Waals surface area contributed by atoms with Crippen LogP contribution in [-0.4, -0.2) is 21.5 Å². The molecule has 4 heteroatoms. The minimum absolute atomic E-state index is 0.628. The molecule has 1 atom stereocenters. The van der Waals surface area contributed by atoms with Crippen LogP contribution < -0.4 is 0 Å². The van der Waals surface area contributed by atoms with Crippen LogP contribution >= 0.6 is 24.4 Å². The maximum atomic E-state index is 4.36. The van der Waals surface area contributed by atoms with E-state index in [9.17, 15) is 0 Å². The molecule has 2 nitrogen and oxygen atoms in total. The van der Waals surface area contributed by atoms with E-state index in [4.69, 9.17) is 0 Å². The average molecular weight is 242 g/mol. The molecule has 0 amide bonds. The predicted octanol–water partition coefficient (Wildman–Crippen LogP) is 3.08. The van der Waals surface area contributed by atoms with Crippen LogP contribution in [0.5, 0.6) is 0 Å². The molecule has 0 N–H and O–H groups in total. The normalized spacial score (nSPS) is 13.1. The molecule has 0 bridgehead atoms. The fourth-order valence-corrected chi connectivity index (χ4v) is 2.94. The molecular weight excluding hydrogens is 224 g/mol. The Labute approximate surface area is 102 Å². The number of thiol groups is 1. The summed E-state index contributed by atoms with van der Waals surface area (Å²) in [7, 11) is 0. The lowest BCUT2D eigenvalue weighted by molar-refractivity contribution is 0.473. The van der Waals surface area contributed by atoms with Crippen LogP contribution in [0.15, 0.2) is 17.6 Å². The molecule has 0 radical (unpaired) electrons. The highest BCUT2D eigenvalue weighted by Crippen LogP contribution is 2.22. The summed E-state index contributed by atoms with van der Waals surface area (Å²) in [5, 5.41) is 0.869. The van der Waals surface area contributed by atoms with E-state index in [1.54, 1.807) is 11.8 Å². The van der Waals surface area contributed by atoms with Crippen LogP contribution in [0.4, 0.5) is 0 Å². The standard InChI is InChI=1S/C11H18N2S2/c1-8(2)10(6-14)7-15-11-12-4-9(3)5-13-11/h4-5,8,10,14H,6-7H2,1-3H3. The van der Waals surface area contributed by atoms with Crippen molar-refractivity contribution in [1.29, 1.82) is 0 Å². The van der Waals surface area contributed by atoms with E-state index in [-0.39, 0.29) is 0 Å². The second-order valence-electron chi connectivity index (χ2n) is 4.04. The minimum atomic E-state index is 0.628. The van der Waals surface area contributed by atoms with Crippen molar-refractivity contribution in [3.8, 4) is 0 Å². The minimum Gasteiger partial charge on any atom is -0.231 e. The largest absolute Gasteiger partial charge is 0.231 e. The Morgan fingerprint density at radius 3 is 2.40 bits per heavy atom. The third-order valence-electron chi connectivity index (χ3n) is 2.36. The van der Waals surface area contributed by atoms with E-state index >= 15 is 0 Å². The first-order valence-electron chi connectivity index (χ1n) is 5.15. The quantitative estimate of drug-likeness (QED) is 0.488. The van der Waals surface area contributed by atoms with Crippen LogP contribution in [0.3, 0.4) is 0 Å². The molecule has 0 fully saturated rings. The van der Waals surface area contributed by atoms with Crippen LogP contribution in [0, 0.1) is 18.8 Å². The number of aromatic nitrogens is 2. The molecular formula is C11H18N2S2. The molecule has 15 heavy (non-hydrogen) atoms. The van der Waals surface area contributed by atoms with Gasteiger partial charge in [0.25, 0.3) is 0 Å². The van der Waals surface area contributed by atoms with Crippen molar-refractivity contribution in [3.05, 3.63) is 18.0 Å². The smallest absolute Gasteiger partial charge is 0.187 e. The molecule has 1 heterocycles. The molecule has 0 saturated carbocycles. The highest BCUT2D eigenvalue weighted by atomic mass is 32.2. The van der Waals surface area contributed by atoms with Crippen molar-refractivity contribution in [2.45, 2.75) is 25.9 Å². The zero-order valence-electron chi connectivity index (χ0n) is 9.47. The van der Waals surface area contributed by atoms with Gasteiger partial charge in [0.2, 0.25) is 0 Å². The van der Waals surface area contributed by atoms with Crippen molar-refractivity contribution in [1.82, 2.24) is 9.97 Å². The summed E-state index contributed by atoms with van der Waals surface area (Å²) in [5.74, 6) is 3.27. The first-order chi connectivity index (χ1) is 7.13. The number of aryl methyl sites for hydroxylation is 1. The van der Waals surface area contributed by atoms with E-state index in [1.165, 1.54) is 0 Å². The van der Waals surface area contributed by atoms with Crippen molar-refractivity contribution in [3.63, 3.8) is 0 Å². The highest BCUT2D eigenvalue weighted by Gasteiger charge is 2.12. The Bertz CT molecular complexity index is 285. The maximum Gasteiger partial charge on any atom is 0.187 e. The van der Waals surface area contributed by atoms with Gasteiger partial charge in [0.05, 0.1) is 0 Å². The molecule has 0 spiro atoms. The number of hydrogen-bond donors (Lipinski definition) is 1. The number of nitrogens with zero attached hydrogens (tertiary/aromatic N) is 2. The van der Waals surface area contributed by atoms with E-state index in [2.05, 4.69) is 36.4 Å². The van der Waals surface area contributed by atoms with Gasteiger partial charge in [0.15, 0.2) is 5.16 Å². The lowest BCUT2D eigenvalue weighted by Gasteiger charge is -2.17. The van der Waals surface area contributed by atoms with Gasteiger partial charge >= 0.3 is 0 Å². The second-order valence-corrected chi connectivity index (χ2v) is 5.39. The van der Waals surface area contributed by atoms with E-state index in [0.29, 0.717) is 11.8 Å². The molecule has 1 aromatic heterocycles. The highest BCUT2D eigenvalue weighted by molar-refractivity contribution is 7.99. The van der Waals surface area contributed by atoms with Crippen LogP contribution in [0.25, 0.3) is 0 Å². The Kier molecular flexibility index (Phi) is 5.47. The predicted molar refractivity (Wildman–Crippen MR) is 69.7 cm³/mol. The molecule has 0 aliphatic carbocycles. The second kappa shape index (κ2) is 6.38. The molecule has 1 aromatic rings. The van der Waals surface area contributed by atoms with Crippen LogP contribution in [-0.2, 0) is 0 Å². The van der Waals surface area contributed by atoms with Crippen molar-refractivity contribution in [2.24, 2.45) is 11.8 Å². The van der Waals surface area contributed by atoms with E-state index in [1.807, 2.05) is 19.3 Å². The fraction of sp³-hybridized carbons (Fsp3) is 0.636. The van der Waals surface area contributed by atoms with Crippen molar-refractivity contribution < 1.29 is 0 Å². The third kappa shape index (κ3) is 4.43. The lowest BCUT2D eigenvalue weighted by atomic mass is 10.0. The van der Waals surface area contributed by atoms with Gasteiger partial charge in [-0.2, -0.15) is 12.6 Å². The first kappa shape index (κ1) is 12.8. The molecule has 1 rings (SSSR count). The van der Waals surface area contributed by atoms with Gasteiger partial charge in [-0.05, 0) is 30.1 Å². The SMILES string of the molecule is Cc1cnc(SCC(CS)C(C)C)nc1.